The molecule has 6 nitrogen and oxygen atoms in total. The molecule has 7 heteroatoms. The van der Waals surface area contributed by atoms with E-state index in [1.54, 1.807) is 7.11 Å². The molecule has 2 fully saturated rings. The normalized spacial score (nSPS) is 23.3. The molecule has 3 unspecified atom stereocenters. The van der Waals surface area contributed by atoms with Gasteiger partial charge in [-0.25, -0.2) is 0 Å². The average molecular weight is 578 g/mol. The van der Waals surface area contributed by atoms with Gasteiger partial charge in [0.2, 0.25) is 0 Å². The van der Waals surface area contributed by atoms with E-state index >= 15 is 0 Å². The van der Waals surface area contributed by atoms with Gasteiger partial charge in [0.15, 0.2) is 5.96 Å². The van der Waals surface area contributed by atoms with E-state index in [9.17, 15) is 0 Å². The van der Waals surface area contributed by atoms with E-state index in [1.807, 2.05) is 13.1 Å². The van der Waals surface area contributed by atoms with Crippen LogP contribution in [0.2, 0.25) is 0 Å². The van der Waals surface area contributed by atoms with Gasteiger partial charge in [0.05, 0.1) is 7.11 Å². The Morgan fingerprint density at radius 1 is 1.09 bits per heavy atom. The van der Waals surface area contributed by atoms with Crippen molar-refractivity contribution in [2.24, 2.45) is 10.9 Å². The van der Waals surface area contributed by atoms with E-state index in [0.717, 1.165) is 57.3 Å². The van der Waals surface area contributed by atoms with Crippen LogP contribution in [0, 0.1) is 5.92 Å². The first-order valence-corrected chi connectivity index (χ1v) is 12.3. The van der Waals surface area contributed by atoms with E-state index < -0.39 is 0 Å². The molecule has 0 amide bonds. The monoisotopic (exact) mass is 577 g/mol. The van der Waals surface area contributed by atoms with Gasteiger partial charge in [0.25, 0.3) is 0 Å². The fourth-order valence-corrected chi connectivity index (χ4v) is 5.07. The minimum absolute atomic E-state index is 0. The number of nitrogens with one attached hydrogen (secondary N) is 2. The summed E-state index contributed by atoms with van der Waals surface area (Å²) in [5.41, 5.74) is 2.64. The summed E-state index contributed by atoms with van der Waals surface area (Å²) in [6.45, 7) is 7.59. The summed E-state index contributed by atoms with van der Waals surface area (Å²) in [6.07, 6.45) is 3.47. The molecule has 0 spiro atoms. The Balaban J connectivity index is 0.00000324. The zero-order valence-corrected chi connectivity index (χ0v) is 23.1. The van der Waals surface area contributed by atoms with E-state index in [-0.39, 0.29) is 24.0 Å². The molecule has 2 heterocycles. The van der Waals surface area contributed by atoms with Crippen LogP contribution >= 0.6 is 24.0 Å². The van der Waals surface area contributed by atoms with E-state index in [2.05, 4.69) is 80.9 Å². The summed E-state index contributed by atoms with van der Waals surface area (Å²) in [6, 6.07) is 20.2. The maximum absolute atomic E-state index is 5.38. The topological polar surface area (TPSA) is 52.1 Å². The lowest BCUT2D eigenvalue weighted by molar-refractivity contribution is 0.134. The number of rotatable bonds is 7. The van der Waals surface area contributed by atoms with Crippen LogP contribution in [0.5, 0.6) is 5.75 Å². The Morgan fingerprint density at radius 2 is 1.91 bits per heavy atom. The maximum atomic E-state index is 5.38. The molecule has 0 aliphatic carbocycles. The molecule has 2 N–H and O–H groups in total. The molecule has 0 saturated carbocycles. The minimum atomic E-state index is 0. The molecule has 0 aromatic heterocycles. The summed E-state index contributed by atoms with van der Waals surface area (Å²) in [5.74, 6) is 2.47. The lowest BCUT2D eigenvalue weighted by Crippen LogP contribution is -2.51. The van der Waals surface area contributed by atoms with Gasteiger partial charge in [0.1, 0.15) is 5.75 Å². The van der Waals surface area contributed by atoms with E-state index in [4.69, 9.17) is 4.74 Å². The molecule has 34 heavy (non-hydrogen) atoms. The number of guanidine groups is 1. The number of hydrogen-bond donors (Lipinski definition) is 2. The van der Waals surface area contributed by atoms with Crippen LogP contribution in [-0.2, 0) is 6.54 Å². The number of aliphatic imine (C=N–C) groups is 1. The van der Waals surface area contributed by atoms with Crippen molar-refractivity contribution < 1.29 is 4.74 Å². The van der Waals surface area contributed by atoms with Crippen molar-refractivity contribution in [3.8, 4) is 5.75 Å². The van der Waals surface area contributed by atoms with Crippen molar-refractivity contribution in [3.05, 3.63) is 60.2 Å². The van der Waals surface area contributed by atoms with Crippen molar-refractivity contribution in [1.82, 2.24) is 15.5 Å². The van der Waals surface area contributed by atoms with Gasteiger partial charge in [-0.1, -0.05) is 36.4 Å². The molecule has 2 aromatic rings. The highest BCUT2D eigenvalue weighted by Crippen LogP contribution is 2.26. The van der Waals surface area contributed by atoms with Crippen LogP contribution in [0.3, 0.4) is 0 Å². The van der Waals surface area contributed by atoms with Gasteiger partial charge in [-0.3, -0.25) is 9.89 Å². The van der Waals surface area contributed by atoms with Crippen LogP contribution in [0.25, 0.3) is 0 Å². The number of hydrogen-bond acceptors (Lipinski definition) is 4. The Kier molecular flexibility index (Phi) is 10.3. The number of ether oxygens (including phenoxy) is 1. The van der Waals surface area contributed by atoms with Gasteiger partial charge < -0.3 is 20.3 Å². The third kappa shape index (κ3) is 7.25. The molecule has 0 bridgehead atoms. The standard InChI is InChI=1S/C27H39N5O.HI/c1-21-16-24(13-15-31(21)19-22-8-5-4-6-9-22)30-27(28-2)29-18-23-12-14-32(20-23)25-10-7-11-26(17-25)33-3;/h4-11,17,21,23-24H,12-16,18-20H2,1-3H3,(H2,28,29,30);1H. The highest BCUT2D eigenvalue weighted by atomic mass is 127. The van der Waals surface area contributed by atoms with Crippen molar-refractivity contribution in [1.29, 1.82) is 0 Å². The van der Waals surface area contributed by atoms with Gasteiger partial charge in [-0.05, 0) is 49.8 Å². The van der Waals surface area contributed by atoms with Crippen molar-refractivity contribution in [2.75, 3.05) is 45.2 Å². The first-order chi connectivity index (χ1) is 16.1. The number of nitrogens with zero attached hydrogens (tertiary/aromatic N) is 3. The number of anilines is 1. The molecule has 4 rings (SSSR count). The average Bonchev–Trinajstić information content (AvgIpc) is 3.33. The van der Waals surface area contributed by atoms with Crippen LogP contribution in [-0.4, -0.2) is 63.3 Å². The number of likely N-dealkylation sites (tertiary alicyclic amines) is 1. The second-order valence-electron chi connectivity index (χ2n) is 9.43. The number of halogens is 1. The Labute approximate surface area is 222 Å². The van der Waals surface area contributed by atoms with Crippen molar-refractivity contribution in [2.45, 2.75) is 44.8 Å². The predicted octanol–water partition coefficient (Wildman–Crippen LogP) is 4.36. The van der Waals surface area contributed by atoms with Gasteiger partial charge in [-0.2, -0.15) is 0 Å². The van der Waals surface area contributed by atoms with Crippen LogP contribution in [0.4, 0.5) is 5.69 Å². The first-order valence-electron chi connectivity index (χ1n) is 12.3. The van der Waals surface area contributed by atoms with E-state index in [1.165, 1.54) is 17.7 Å². The Bertz CT molecular complexity index is 909. The molecule has 186 valence electrons. The zero-order chi connectivity index (χ0) is 23.0. The highest BCUT2D eigenvalue weighted by Gasteiger charge is 2.27. The molecule has 3 atom stereocenters. The second kappa shape index (κ2) is 13.2. The highest BCUT2D eigenvalue weighted by molar-refractivity contribution is 14.0. The molecule has 2 aromatic carbocycles. The number of methoxy groups -OCH3 is 1. The Morgan fingerprint density at radius 3 is 2.65 bits per heavy atom. The van der Waals surface area contributed by atoms with Crippen LogP contribution in [0.1, 0.15) is 31.7 Å². The van der Waals surface area contributed by atoms with Gasteiger partial charge in [0, 0.05) is 63.6 Å². The fourth-order valence-electron chi connectivity index (χ4n) is 5.07. The molecule has 2 aliphatic rings. The summed E-state index contributed by atoms with van der Waals surface area (Å²) in [5, 5.41) is 7.28. The molecular formula is C27H40IN5O. The van der Waals surface area contributed by atoms with Crippen LogP contribution in [0.15, 0.2) is 59.6 Å². The quantitative estimate of drug-likeness (QED) is 0.291. The fraction of sp³-hybridized carbons (Fsp3) is 0.519. The third-order valence-corrected chi connectivity index (χ3v) is 7.07. The maximum Gasteiger partial charge on any atom is 0.191 e. The smallest absolute Gasteiger partial charge is 0.191 e. The zero-order valence-electron chi connectivity index (χ0n) is 20.7. The van der Waals surface area contributed by atoms with Gasteiger partial charge >= 0.3 is 0 Å². The van der Waals surface area contributed by atoms with Crippen molar-refractivity contribution >= 4 is 35.6 Å². The SMILES string of the molecule is CN=C(NCC1CCN(c2cccc(OC)c2)C1)NC1CCN(Cc2ccccc2)C(C)C1.I. The molecule has 2 aliphatic heterocycles. The number of piperidine rings is 1. The van der Waals surface area contributed by atoms with Gasteiger partial charge in [-0.15, -0.1) is 24.0 Å². The third-order valence-electron chi connectivity index (χ3n) is 7.07. The summed E-state index contributed by atoms with van der Waals surface area (Å²) >= 11 is 0. The summed E-state index contributed by atoms with van der Waals surface area (Å²) in [4.78, 5) is 9.55. The first kappa shape index (κ1) is 26.6. The van der Waals surface area contributed by atoms with Crippen molar-refractivity contribution in [3.63, 3.8) is 0 Å². The Hall–Kier alpha value is -2.00. The van der Waals surface area contributed by atoms with Crippen LogP contribution < -0.4 is 20.3 Å². The second-order valence-corrected chi connectivity index (χ2v) is 9.43. The largest absolute Gasteiger partial charge is 0.497 e. The summed E-state index contributed by atoms with van der Waals surface area (Å²) in [7, 11) is 3.60. The molecular weight excluding hydrogens is 537 g/mol. The molecule has 0 radical (unpaired) electrons. The number of benzene rings is 2. The van der Waals surface area contributed by atoms with E-state index in [0.29, 0.717) is 18.0 Å². The summed E-state index contributed by atoms with van der Waals surface area (Å²) < 4.78 is 5.38. The predicted molar refractivity (Wildman–Crippen MR) is 153 cm³/mol. The minimum Gasteiger partial charge on any atom is -0.497 e. The molecule has 2 saturated heterocycles. The lowest BCUT2D eigenvalue weighted by atomic mass is 9.97. The lowest BCUT2D eigenvalue weighted by Gasteiger charge is -2.38.